The van der Waals surface area contributed by atoms with Crippen LogP contribution in [-0.4, -0.2) is 15.0 Å². The summed E-state index contributed by atoms with van der Waals surface area (Å²) in [6, 6.07) is 1.20. The quantitative estimate of drug-likeness (QED) is 0.577. The van der Waals surface area contributed by atoms with E-state index in [4.69, 9.17) is 5.73 Å². The lowest BCUT2D eigenvalue weighted by molar-refractivity contribution is -0.118. The van der Waals surface area contributed by atoms with Crippen molar-refractivity contribution < 1.29 is 4.79 Å². The van der Waals surface area contributed by atoms with Crippen LogP contribution in [0, 0.1) is 0 Å². The van der Waals surface area contributed by atoms with Gasteiger partial charge < -0.3 is 5.73 Å². The topological polar surface area (TPSA) is 87.1 Å². The lowest BCUT2D eigenvalue weighted by atomic mass is 10.5. The van der Waals surface area contributed by atoms with Crippen molar-refractivity contribution in [1.82, 2.24) is 9.13 Å². The van der Waals surface area contributed by atoms with Gasteiger partial charge >= 0.3 is 5.69 Å². The molecule has 0 aliphatic rings. The number of aromatic nitrogens is 2. The highest BCUT2D eigenvalue weighted by molar-refractivity contribution is 5.73. The summed E-state index contributed by atoms with van der Waals surface area (Å²) in [6.07, 6.45) is 1.25. The minimum Gasteiger partial charge on any atom is -0.368 e. The molecule has 1 heterocycles. The molecule has 13 heavy (non-hydrogen) atoms. The molecular formula is C7H9N3O3. The summed E-state index contributed by atoms with van der Waals surface area (Å²) in [4.78, 5) is 32.6. The SMILES string of the molecule is Cn1c(=O)ccn(CC(N)=O)c1=O. The molecule has 0 saturated carbocycles. The van der Waals surface area contributed by atoms with Crippen LogP contribution in [0.25, 0.3) is 0 Å². The van der Waals surface area contributed by atoms with E-state index in [1.165, 1.54) is 19.3 Å². The summed E-state index contributed by atoms with van der Waals surface area (Å²) in [6.45, 7) is -0.215. The Morgan fingerprint density at radius 3 is 2.69 bits per heavy atom. The monoisotopic (exact) mass is 183 g/mol. The zero-order chi connectivity index (χ0) is 10.0. The van der Waals surface area contributed by atoms with E-state index in [2.05, 4.69) is 0 Å². The van der Waals surface area contributed by atoms with Gasteiger partial charge in [0.15, 0.2) is 0 Å². The number of primary amides is 1. The van der Waals surface area contributed by atoms with E-state index in [0.717, 1.165) is 9.13 Å². The molecule has 2 N–H and O–H groups in total. The van der Waals surface area contributed by atoms with Gasteiger partial charge in [0.05, 0.1) is 0 Å². The van der Waals surface area contributed by atoms with Gasteiger partial charge in [0, 0.05) is 19.3 Å². The Labute approximate surface area is 73.2 Å². The van der Waals surface area contributed by atoms with Crippen molar-refractivity contribution in [3.05, 3.63) is 33.1 Å². The van der Waals surface area contributed by atoms with Crippen molar-refractivity contribution in [2.75, 3.05) is 0 Å². The maximum absolute atomic E-state index is 11.2. The molecule has 1 amide bonds. The molecule has 1 rings (SSSR count). The van der Waals surface area contributed by atoms with Gasteiger partial charge in [0.1, 0.15) is 6.54 Å². The van der Waals surface area contributed by atoms with Crippen molar-refractivity contribution in [1.29, 1.82) is 0 Å². The zero-order valence-electron chi connectivity index (χ0n) is 7.06. The fourth-order valence-electron chi connectivity index (χ4n) is 0.904. The predicted molar refractivity (Wildman–Crippen MR) is 45.1 cm³/mol. The van der Waals surface area contributed by atoms with Crippen molar-refractivity contribution in [2.45, 2.75) is 6.54 Å². The van der Waals surface area contributed by atoms with Gasteiger partial charge in [-0.3, -0.25) is 18.7 Å². The molecule has 0 aromatic carbocycles. The second-order valence-corrected chi connectivity index (χ2v) is 2.59. The van der Waals surface area contributed by atoms with E-state index >= 15 is 0 Å². The minimum absolute atomic E-state index is 0.215. The predicted octanol–water partition coefficient (Wildman–Crippen LogP) is -1.97. The van der Waals surface area contributed by atoms with Crippen LogP contribution in [0.5, 0.6) is 0 Å². The van der Waals surface area contributed by atoms with Gasteiger partial charge in [-0.05, 0) is 0 Å². The Balaban J connectivity index is 3.27. The highest BCUT2D eigenvalue weighted by Gasteiger charge is 2.02. The third kappa shape index (κ3) is 1.84. The third-order valence-electron chi connectivity index (χ3n) is 1.59. The number of hydrogen-bond acceptors (Lipinski definition) is 3. The molecule has 6 heteroatoms. The molecule has 6 nitrogen and oxygen atoms in total. The summed E-state index contributed by atoms with van der Waals surface area (Å²) in [5.41, 5.74) is 3.93. The van der Waals surface area contributed by atoms with Crippen molar-refractivity contribution in [3.63, 3.8) is 0 Å². The molecule has 0 spiro atoms. The number of nitrogens with zero attached hydrogens (tertiary/aromatic N) is 2. The maximum Gasteiger partial charge on any atom is 0.331 e. The summed E-state index contributed by atoms with van der Waals surface area (Å²) in [5.74, 6) is -0.624. The average Bonchev–Trinajstić information content (AvgIpc) is 2.06. The lowest BCUT2D eigenvalue weighted by Crippen LogP contribution is -2.39. The molecule has 0 bridgehead atoms. The fraction of sp³-hybridized carbons (Fsp3) is 0.286. The lowest BCUT2D eigenvalue weighted by Gasteiger charge is -2.02. The van der Waals surface area contributed by atoms with E-state index < -0.39 is 17.2 Å². The Morgan fingerprint density at radius 2 is 2.15 bits per heavy atom. The Hall–Kier alpha value is -1.85. The van der Waals surface area contributed by atoms with Crippen LogP contribution in [0.2, 0.25) is 0 Å². The first-order valence-electron chi connectivity index (χ1n) is 3.57. The first kappa shape index (κ1) is 9.24. The first-order valence-corrected chi connectivity index (χ1v) is 3.57. The third-order valence-corrected chi connectivity index (χ3v) is 1.59. The van der Waals surface area contributed by atoms with Crippen molar-refractivity contribution in [3.8, 4) is 0 Å². The smallest absolute Gasteiger partial charge is 0.331 e. The van der Waals surface area contributed by atoms with E-state index in [1.54, 1.807) is 0 Å². The fourth-order valence-corrected chi connectivity index (χ4v) is 0.904. The van der Waals surface area contributed by atoms with Gasteiger partial charge in [-0.15, -0.1) is 0 Å². The molecule has 70 valence electrons. The van der Waals surface area contributed by atoms with Crippen LogP contribution < -0.4 is 17.0 Å². The second-order valence-electron chi connectivity index (χ2n) is 2.59. The van der Waals surface area contributed by atoms with E-state index in [0.29, 0.717) is 0 Å². The van der Waals surface area contributed by atoms with Crippen molar-refractivity contribution in [2.24, 2.45) is 12.8 Å². The molecule has 0 fully saturated rings. The van der Waals surface area contributed by atoms with E-state index in [9.17, 15) is 14.4 Å². The zero-order valence-corrected chi connectivity index (χ0v) is 7.06. The average molecular weight is 183 g/mol. The van der Waals surface area contributed by atoms with E-state index in [1.807, 2.05) is 0 Å². The standard InChI is InChI=1S/C7H9N3O3/c1-9-6(12)2-3-10(7(9)13)4-5(8)11/h2-3H,4H2,1H3,(H2,8,11). The van der Waals surface area contributed by atoms with Crippen LogP contribution >= 0.6 is 0 Å². The largest absolute Gasteiger partial charge is 0.368 e. The van der Waals surface area contributed by atoms with Crippen molar-refractivity contribution >= 4 is 5.91 Å². The van der Waals surface area contributed by atoms with Gasteiger partial charge in [0.2, 0.25) is 5.91 Å². The number of carbonyl (C=O) groups is 1. The summed E-state index contributed by atoms with van der Waals surface area (Å²) >= 11 is 0. The molecule has 0 atom stereocenters. The normalized spacial score (nSPS) is 9.92. The van der Waals surface area contributed by atoms with Crippen LogP contribution in [0.1, 0.15) is 0 Å². The number of rotatable bonds is 2. The molecule has 0 unspecified atom stereocenters. The highest BCUT2D eigenvalue weighted by atomic mass is 16.2. The van der Waals surface area contributed by atoms with Crippen LogP contribution in [0.4, 0.5) is 0 Å². The molecule has 0 saturated heterocycles. The molecule has 0 radical (unpaired) electrons. The number of amides is 1. The van der Waals surface area contributed by atoms with Crippen LogP contribution in [0.3, 0.4) is 0 Å². The molecule has 0 aliphatic carbocycles. The number of nitrogens with two attached hydrogens (primary N) is 1. The van der Waals surface area contributed by atoms with E-state index in [-0.39, 0.29) is 6.54 Å². The molecule has 1 aromatic rings. The first-order chi connectivity index (χ1) is 6.02. The minimum atomic E-state index is -0.624. The number of carbonyl (C=O) groups excluding carboxylic acids is 1. The molecule has 1 aromatic heterocycles. The summed E-state index contributed by atoms with van der Waals surface area (Å²) in [5, 5.41) is 0. The Kier molecular flexibility index (Phi) is 2.32. The van der Waals surface area contributed by atoms with Gasteiger partial charge in [-0.25, -0.2) is 4.79 Å². The summed E-state index contributed by atoms with van der Waals surface area (Å²) in [7, 11) is 1.34. The Morgan fingerprint density at radius 1 is 1.54 bits per heavy atom. The summed E-state index contributed by atoms with van der Waals surface area (Å²) < 4.78 is 1.98. The van der Waals surface area contributed by atoms with Gasteiger partial charge in [-0.1, -0.05) is 0 Å². The van der Waals surface area contributed by atoms with Gasteiger partial charge in [0.25, 0.3) is 5.56 Å². The van der Waals surface area contributed by atoms with Gasteiger partial charge in [-0.2, -0.15) is 0 Å². The number of hydrogen-bond donors (Lipinski definition) is 1. The second kappa shape index (κ2) is 3.26. The highest BCUT2D eigenvalue weighted by Crippen LogP contribution is 1.75. The Bertz CT molecular complexity index is 443. The molecule has 0 aliphatic heterocycles. The maximum atomic E-state index is 11.2. The van der Waals surface area contributed by atoms with Crippen LogP contribution in [-0.2, 0) is 18.4 Å². The van der Waals surface area contributed by atoms with Crippen LogP contribution in [0.15, 0.2) is 21.9 Å². The molecular weight excluding hydrogens is 174 g/mol.